The number of carbonyl (C=O) groups is 1. The van der Waals surface area contributed by atoms with Gasteiger partial charge in [0.2, 0.25) is 0 Å². The lowest BCUT2D eigenvalue weighted by Crippen LogP contribution is -1.96. The van der Waals surface area contributed by atoms with E-state index in [-0.39, 0.29) is 0 Å². The molecule has 0 heterocycles. The number of unbranched alkanes of at least 4 members (excludes halogenated alkanes) is 15. The van der Waals surface area contributed by atoms with E-state index < -0.39 is 0 Å². The maximum atomic E-state index is 10.2. The molecular weight excluding hydrogens is 304 g/mol. The van der Waals surface area contributed by atoms with Gasteiger partial charge >= 0.3 is 0 Å². The van der Waals surface area contributed by atoms with Crippen molar-refractivity contribution in [1.29, 1.82) is 0 Å². The van der Waals surface area contributed by atoms with Gasteiger partial charge in [-0.15, -0.1) is 0 Å². The van der Waals surface area contributed by atoms with Crippen LogP contribution in [-0.2, 0) is 9.53 Å². The predicted octanol–water partition coefficient (Wildman–Crippen LogP) is 6.44. The molecule has 0 aromatic carbocycles. The number of hydrogen-bond donors (Lipinski definition) is 0. The van der Waals surface area contributed by atoms with E-state index in [1.54, 1.807) is 5.37 Å². The van der Waals surface area contributed by atoms with E-state index in [1.807, 2.05) is 0 Å². The molecule has 0 rings (SSSR count). The van der Waals surface area contributed by atoms with Crippen LogP contribution >= 0.6 is 12.2 Å². The zero-order valence-electron chi connectivity index (χ0n) is 15.1. The SMILES string of the molecule is O=CCCCCCCCCCCCCCCCCCOCC=S. The number of carbonyl (C=O) groups excluding carboxylic acids is 1. The molecule has 0 aliphatic heterocycles. The van der Waals surface area contributed by atoms with E-state index in [4.69, 9.17) is 17.0 Å². The maximum absolute atomic E-state index is 10.2. The van der Waals surface area contributed by atoms with Crippen molar-refractivity contribution in [3.05, 3.63) is 0 Å². The maximum Gasteiger partial charge on any atom is 0.119 e. The molecule has 0 saturated carbocycles. The fraction of sp³-hybridized carbons (Fsp3) is 0.900. The molecule has 0 aromatic heterocycles. The fourth-order valence-corrected chi connectivity index (χ4v) is 2.96. The van der Waals surface area contributed by atoms with Crippen molar-refractivity contribution in [2.24, 2.45) is 0 Å². The lowest BCUT2D eigenvalue weighted by Gasteiger charge is -2.03. The molecule has 0 aliphatic carbocycles. The van der Waals surface area contributed by atoms with Gasteiger partial charge in [-0.2, -0.15) is 0 Å². The lowest BCUT2D eigenvalue weighted by molar-refractivity contribution is -0.107. The normalized spacial score (nSPS) is 10.8. The Hall–Kier alpha value is -0.280. The fourth-order valence-electron chi connectivity index (χ4n) is 2.86. The third-order valence-electron chi connectivity index (χ3n) is 4.30. The van der Waals surface area contributed by atoms with Crippen molar-refractivity contribution in [2.45, 2.75) is 103 Å². The first-order valence-corrected chi connectivity index (χ1v) is 10.3. The Labute approximate surface area is 149 Å². The lowest BCUT2D eigenvalue weighted by atomic mass is 10.0. The highest BCUT2D eigenvalue weighted by Crippen LogP contribution is 2.13. The van der Waals surface area contributed by atoms with Gasteiger partial charge in [0, 0.05) is 18.4 Å². The summed E-state index contributed by atoms with van der Waals surface area (Å²) in [4.78, 5) is 10.2. The van der Waals surface area contributed by atoms with Crippen LogP contribution in [0.2, 0.25) is 0 Å². The van der Waals surface area contributed by atoms with Crippen molar-refractivity contribution in [3.8, 4) is 0 Å². The average Bonchev–Trinajstić information content (AvgIpc) is 2.57. The summed E-state index contributed by atoms with van der Waals surface area (Å²) < 4.78 is 5.33. The molecule has 0 radical (unpaired) electrons. The highest BCUT2D eigenvalue weighted by Gasteiger charge is 1.95. The molecule has 0 fully saturated rings. The van der Waals surface area contributed by atoms with Crippen LogP contribution < -0.4 is 0 Å². The molecule has 0 amide bonds. The number of hydrogen-bond acceptors (Lipinski definition) is 3. The van der Waals surface area contributed by atoms with E-state index in [9.17, 15) is 4.79 Å². The van der Waals surface area contributed by atoms with E-state index in [0.717, 1.165) is 25.7 Å². The summed E-state index contributed by atoms with van der Waals surface area (Å²) in [7, 11) is 0. The van der Waals surface area contributed by atoms with Crippen molar-refractivity contribution >= 4 is 23.9 Å². The van der Waals surface area contributed by atoms with Crippen LogP contribution in [-0.4, -0.2) is 24.9 Å². The third kappa shape index (κ3) is 21.7. The Kier molecular flexibility index (Phi) is 21.5. The first-order chi connectivity index (χ1) is 11.4. The van der Waals surface area contributed by atoms with Crippen molar-refractivity contribution in [3.63, 3.8) is 0 Å². The second-order valence-corrected chi connectivity index (χ2v) is 6.83. The number of ether oxygens (including phenoxy) is 1. The molecule has 0 N–H and O–H groups in total. The van der Waals surface area contributed by atoms with Gasteiger partial charge in [0.15, 0.2) is 0 Å². The first-order valence-electron chi connectivity index (χ1n) is 9.87. The zero-order valence-corrected chi connectivity index (χ0v) is 15.9. The third-order valence-corrected chi connectivity index (χ3v) is 4.43. The molecule has 0 spiro atoms. The van der Waals surface area contributed by atoms with Crippen molar-refractivity contribution in [2.75, 3.05) is 13.2 Å². The monoisotopic (exact) mass is 342 g/mol. The highest BCUT2D eigenvalue weighted by molar-refractivity contribution is 7.79. The standard InChI is InChI=1S/C20H38O2S/c21-17-15-13-11-9-7-5-3-1-2-4-6-8-10-12-14-16-18-22-19-20-23/h17,20H,1-16,18-19H2. The second-order valence-electron chi connectivity index (χ2n) is 6.50. The Morgan fingerprint density at radius 3 is 1.39 bits per heavy atom. The molecular formula is C20H38O2S. The molecule has 0 aliphatic rings. The Morgan fingerprint density at radius 2 is 1.00 bits per heavy atom. The summed E-state index contributed by atoms with van der Waals surface area (Å²) in [5.74, 6) is 0. The zero-order chi connectivity index (χ0) is 16.8. The van der Waals surface area contributed by atoms with Crippen LogP contribution in [0.3, 0.4) is 0 Å². The molecule has 0 aromatic rings. The minimum absolute atomic E-state index is 0.621. The summed E-state index contributed by atoms with van der Waals surface area (Å²) in [5.41, 5.74) is 0. The highest BCUT2D eigenvalue weighted by atomic mass is 32.1. The van der Waals surface area contributed by atoms with Gasteiger partial charge in [0.05, 0.1) is 6.61 Å². The van der Waals surface area contributed by atoms with Crippen LogP contribution in [0.15, 0.2) is 0 Å². The summed E-state index contributed by atoms with van der Waals surface area (Å²) in [6.45, 7) is 1.49. The van der Waals surface area contributed by atoms with Crippen molar-refractivity contribution in [1.82, 2.24) is 0 Å². The first kappa shape index (κ1) is 22.7. The molecule has 23 heavy (non-hydrogen) atoms. The van der Waals surface area contributed by atoms with E-state index >= 15 is 0 Å². The smallest absolute Gasteiger partial charge is 0.119 e. The van der Waals surface area contributed by atoms with Gasteiger partial charge in [0.25, 0.3) is 0 Å². The largest absolute Gasteiger partial charge is 0.377 e. The Bertz CT molecular complexity index is 220. The summed E-state index contributed by atoms with van der Waals surface area (Å²) in [6.07, 6.45) is 21.8. The van der Waals surface area contributed by atoms with Gasteiger partial charge in [-0.05, 0) is 12.8 Å². The van der Waals surface area contributed by atoms with Crippen LogP contribution in [0.5, 0.6) is 0 Å². The van der Waals surface area contributed by atoms with Gasteiger partial charge in [-0.1, -0.05) is 95.7 Å². The van der Waals surface area contributed by atoms with Gasteiger partial charge in [-0.25, -0.2) is 0 Å². The molecule has 136 valence electrons. The Balaban J connectivity index is 2.94. The van der Waals surface area contributed by atoms with Gasteiger partial charge in [-0.3, -0.25) is 0 Å². The van der Waals surface area contributed by atoms with Crippen LogP contribution in [0.1, 0.15) is 103 Å². The molecule has 0 bridgehead atoms. The number of thiocarbonyl (C=S) groups is 1. The molecule has 2 nitrogen and oxygen atoms in total. The van der Waals surface area contributed by atoms with Crippen LogP contribution in [0.4, 0.5) is 0 Å². The van der Waals surface area contributed by atoms with E-state index in [2.05, 4.69) is 0 Å². The number of rotatable bonds is 20. The minimum Gasteiger partial charge on any atom is -0.377 e. The van der Waals surface area contributed by atoms with E-state index in [1.165, 1.54) is 89.9 Å². The quantitative estimate of drug-likeness (QED) is 0.145. The van der Waals surface area contributed by atoms with Crippen LogP contribution in [0.25, 0.3) is 0 Å². The Morgan fingerprint density at radius 1 is 0.609 bits per heavy atom. The topological polar surface area (TPSA) is 26.3 Å². The van der Waals surface area contributed by atoms with Gasteiger partial charge in [0.1, 0.15) is 6.29 Å². The predicted molar refractivity (Wildman–Crippen MR) is 104 cm³/mol. The minimum atomic E-state index is 0.621. The molecule has 0 atom stereocenters. The van der Waals surface area contributed by atoms with Gasteiger partial charge < -0.3 is 9.53 Å². The molecule has 0 unspecified atom stereocenters. The van der Waals surface area contributed by atoms with E-state index in [0.29, 0.717) is 6.61 Å². The summed E-state index contributed by atoms with van der Waals surface area (Å²) in [6, 6.07) is 0. The summed E-state index contributed by atoms with van der Waals surface area (Å²) >= 11 is 4.71. The summed E-state index contributed by atoms with van der Waals surface area (Å²) in [5, 5.41) is 1.65. The van der Waals surface area contributed by atoms with Crippen molar-refractivity contribution < 1.29 is 9.53 Å². The molecule has 3 heteroatoms. The number of aldehydes is 1. The van der Waals surface area contributed by atoms with Crippen LogP contribution in [0, 0.1) is 0 Å². The molecule has 0 saturated heterocycles. The second kappa shape index (κ2) is 21.7. The average molecular weight is 343 g/mol.